The van der Waals surface area contributed by atoms with Gasteiger partial charge in [0.05, 0.1) is 11.9 Å². The fourth-order valence-corrected chi connectivity index (χ4v) is 4.43. The van der Waals surface area contributed by atoms with Crippen molar-refractivity contribution in [1.29, 1.82) is 0 Å². The van der Waals surface area contributed by atoms with Crippen LogP contribution in [0.2, 0.25) is 0 Å². The van der Waals surface area contributed by atoms with Gasteiger partial charge in [-0.05, 0) is 60.8 Å². The summed E-state index contributed by atoms with van der Waals surface area (Å²) in [6.45, 7) is 5.63. The minimum atomic E-state index is -0.118. The van der Waals surface area contributed by atoms with E-state index in [2.05, 4.69) is 53.6 Å². The van der Waals surface area contributed by atoms with Gasteiger partial charge in [0.15, 0.2) is 0 Å². The minimum Gasteiger partial charge on any atom is -0.396 e. The zero-order valence-electron chi connectivity index (χ0n) is 21.7. The molecule has 0 bridgehead atoms. The summed E-state index contributed by atoms with van der Waals surface area (Å²) in [6, 6.07) is 11.4. The average molecular weight is 520 g/mol. The molecule has 4 rings (SSSR count). The van der Waals surface area contributed by atoms with E-state index in [1.165, 1.54) is 0 Å². The van der Waals surface area contributed by atoms with Crippen LogP contribution in [0.4, 0.5) is 5.69 Å². The van der Waals surface area contributed by atoms with Crippen molar-refractivity contribution in [3.8, 4) is 0 Å². The summed E-state index contributed by atoms with van der Waals surface area (Å²) in [6.07, 6.45) is 8.35. The molecule has 0 radical (unpaired) electrons. The van der Waals surface area contributed by atoms with Crippen LogP contribution in [0, 0.1) is 0 Å². The molecule has 0 saturated carbocycles. The SMILES string of the molecule is CCc1cnccc1CNC(=O)c1cccc(NCC2NNC(c3ccncn3)N2CCNCCCO)c1. The maximum atomic E-state index is 12.9. The number of aliphatic hydroxyl groups excluding tert-OH is 1. The molecule has 1 aliphatic heterocycles. The number of aryl methyl sites for hydroxylation is 1. The number of pyridine rings is 1. The second-order valence-corrected chi connectivity index (χ2v) is 9.05. The van der Waals surface area contributed by atoms with Gasteiger partial charge in [0.2, 0.25) is 0 Å². The van der Waals surface area contributed by atoms with Crippen molar-refractivity contribution >= 4 is 11.6 Å². The highest BCUT2D eigenvalue weighted by molar-refractivity contribution is 5.95. The molecule has 1 saturated heterocycles. The topological polar surface area (TPSA) is 139 Å². The van der Waals surface area contributed by atoms with Gasteiger partial charge in [-0.15, -0.1) is 0 Å². The smallest absolute Gasteiger partial charge is 0.251 e. The molecule has 6 N–H and O–H groups in total. The van der Waals surface area contributed by atoms with E-state index in [1.54, 1.807) is 18.7 Å². The van der Waals surface area contributed by atoms with Crippen molar-refractivity contribution in [3.63, 3.8) is 0 Å². The first-order valence-corrected chi connectivity index (χ1v) is 13.1. The number of carbonyl (C=O) groups excluding carboxylic acids is 1. The predicted octanol–water partition coefficient (Wildman–Crippen LogP) is 1.18. The molecule has 0 spiro atoms. The summed E-state index contributed by atoms with van der Waals surface area (Å²) in [5.41, 5.74) is 11.3. The number of aromatic nitrogens is 3. The van der Waals surface area contributed by atoms with Crippen LogP contribution < -0.4 is 26.8 Å². The molecule has 11 nitrogen and oxygen atoms in total. The van der Waals surface area contributed by atoms with Crippen molar-refractivity contribution < 1.29 is 9.90 Å². The monoisotopic (exact) mass is 519 g/mol. The lowest BCUT2D eigenvalue weighted by Crippen LogP contribution is -2.45. The van der Waals surface area contributed by atoms with Gasteiger partial charge < -0.3 is 21.1 Å². The normalized spacial score (nSPS) is 17.4. The van der Waals surface area contributed by atoms with Gasteiger partial charge in [0, 0.05) is 62.6 Å². The highest BCUT2D eigenvalue weighted by Gasteiger charge is 2.34. The molecule has 1 aromatic carbocycles. The van der Waals surface area contributed by atoms with Crippen LogP contribution in [0.5, 0.6) is 0 Å². The number of hydrogen-bond donors (Lipinski definition) is 6. The summed E-state index contributed by atoms with van der Waals surface area (Å²) in [4.78, 5) is 27.8. The number of anilines is 1. The molecule has 3 heterocycles. The van der Waals surface area contributed by atoms with Crippen molar-refractivity contribution in [2.24, 2.45) is 0 Å². The second kappa shape index (κ2) is 14.5. The number of rotatable bonds is 14. The van der Waals surface area contributed by atoms with Gasteiger partial charge in [0.25, 0.3) is 5.91 Å². The lowest BCUT2D eigenvalue weighted by atomic mass is 10.1. The first-order valence-electron chi connectivity index (χ1n) is 13.1. The number of aliphatic hydroxyl groups is 1. The number of hydrogen-bond acceptors (Lipinski definition) is 10. The maximum Gasteiger partial charge on any atom is 0.251 e. The van der Waals surface area contributed by atoms with E-state index >= 15 is 0 Å². The third kappa shape index (κ3) is 7.53. The quantitative estimate of drug-likeness (QED) is 0.172. The first kappa shape index (κ1) is 27.6. The lowest BCUT2D eigenvalue weighted by molar-refractivity contribution is 0.0951. The largest absolute Gasteiger partial charge is 0.396 e. The van der Waals surface area contributed by atoms with Crippen molar-refractivity contribution in [3.05, 3.63) is 83.7 Å². The molecule has 38 heavy (non-hydrogen) atoms. The average Bonchev–Trinajstić information content (AvgIpc) is 3.38. The lowest BCUT2D eigenvalue weighted by Gasteiger charge is -2.28. The van der Waals surface area contributed by atoms with E-state index in [1.807, 2.05) is 42.6 Å². The van der Waals surface area contributed by atoms with E-state index in [0.29, 0.717) is 18.7 Å². The Balaban J connectivity index is 1.35. The molecule has 3 aromatic rings. The number of nitrogens with zero attached hydrogens (tertiary/aromatic N) is 4. The van der Waals surface area contributed by atoms with Crippen molar-refractivity contribution in [2.45, 2.75) is 38.6 Å². The third-order valence-electron chi connectivity index (χ3n) is 6.51. The second-order valence-electron chi connectivity index (χ2n) is 9.05. The van der Waals surface area contributed by atoms with Crippen LogP contribution in [-0.2, 0) is 13.0 Å². The van der Waals surface area contributed by atoms with Crippen molar-refractivity contribution in [2.75, 3.05) is 38.1 Å². The number of benzene rings is 1. The van der Waals surface area contributed by atoms with E-state index in [-0.39, 0.29) is 24.8 Å². The Labute approximate surface area is 223 Å². The Morgan fingerprint density at radius 3 is 2.82 bits per heavy atom. The summed E-state index contributed by atoms with van der Waals surface area (Å²) >= 11 is 0. The molecule has 0 aliphatic carbocycles. The highest BCUT2D eigenvalue weighted by atomic mass is 16.3. The standard InChI is InChI=1S/C27H37N9O2/c1-2-20-16-29-10-7-22(20)17-32-27(38)21-5-3-6-23(15-21)31-18-25-34-35-26(24-8-11-30-19-33-24)36(25)13-12-28-9-4-14-37/h3,5-8,10-11,15-16,19,25-26,28,31,34-35,37H,2,4,9,12-14,17-18H2,1H3,(H,32,38). The molecule has 1 aliphatic rings. The molecule has 1 amide bonds. The van der Waals surface area contributed by atoms with Crippen LogP contribution in [-0.4, -0.2) is 69.8 Å². The van der Waals surface area contributed by atoms with Crippen LogP contribution >= 0.6 is 0 Å². The Bertz CT molecular complexity index is 1150. The third-order valence-corrected chi connectivity index (χ3v) is 6.51. The van der Waals surface area contributed by atoms with Crippen molar-refractivity contribution in [1.82, 2.24) is 41.3 Å². The van der Waals surface area contributed by atoms with Gasteiger partial charge in [-0.25, -0.2) is 20.8 Å². The molecular weight excluding hydrogens is 482 g/mol. The van der Waals surface area contributed by atoms with E-state index in [9.17, 15) is 4.79 Å². The van der Waals surface area contributed by atoms with Gasteiger partial charge in [-0.2, -0.15) is 0 Å². The Morgan fingerprint density at radius 1 is 1.11 bits per heavy atom. The maximum absolute atomic E-state index is 12.9. The van der Waals surface area contributed by atoms with Gasteiger partial charge in [-0.1, -0.05) is 13.0 Å². The molecular formula is C27H37N9O2. The zero-order valence-corrected chi connectivity index (χ0v) is 21.7. The van der Waals surface area contributed by atoms with E-state index in [4.69, 9.17) is 5.11 Å². The summed E-state index contributed by atoms with van der Waals surface area (Å²) in [5.74, 6) is -0.118. The van der Waals surface area contributed by atoms with Gasteiger partial charge in [-0.3, -0.25) is 14.7 Å². The van der Waals surface area contributed by atoms with Crippen LogP contribution in [0.3, 0.4) is 0 Å². The highest BCUT2D eigenvalue weighted by Crippen LogP contribution is 2.21. The van der Waals surface area contributed by atoms with E-state index < -0.39 is 0 Å². The summed E-state index contributed by atoms with van der Waals surface area (Å²) in [5, 5.41) is 18.9. The molecule has 1 fully saturated rings. The first-order chi connectivity index (χ1) is 18.7. The predicted molar refractivity (Wildman–Crippen MR) is 146 cm³/mol. The van der Waals surface area contributed by atoms with Crippen LogP contribution in [0.25, 0.3) is 0 Å². The Morgan fingerprint density at radius 2 is 2.00 bits per heavy atom. The molecule has 202 valence electrons. The van der Waals surface area contributed by atoms with E-state index in [0.717, 1.165) is 55.0 Å². The fourth-order valence-electron chi connectivity index (χ4n) is 4.43. The minimum absolute atomic E-state index is 0.0220. The number of nitrogens with one attached hydrogen (secondary N) is 5. The zero-order chi connectivity index (χ0) is 26.6. The summed E-state index contributed by atoms with van der Waals surface area (Å²) in [7, 11) is 0. The van der Waals surface area contributed by atoms with Crippen LogP contribution in [0.15, 0.2) is 61.3 Å². The number of carbonyl (C=O) groups is 1. The summed E-state index contributed by atoms with van der Waals surface area (Å²) < 4.78 is 0. The Hall–Kier alpha value is -3.48. The molecule has 2 atom stereocenters. The molecule has 2 unspecified atom stereocenters. The van der Waals surface area contributed by atoms with Crippen LogP contribution in [0.1, 0.15) is 46.7 Å². The fraction of sp³-hybridized carbons (Fsp3) is 0.407. The molecule has 11 heteroatoms. The number of hydrazine groups is 1. The van der Waals surface area contributed by atoms with Gasteiger partial charge >= 0.3 is 0 Å². The number of amides is 1. The Kier molecular flexibility index (Phi) is 10.5. The van der Waals surface area contributed by atoms with Gasteiger partial charge in [0.1, 0.15) is 12.5 Å². The molecule has 2 aromatic heterocycles.